The minimum Gasteiger partial charge on any atom is -0.478 e. The summed E-state index contributed by atoms with van der Waals surface area (Å²) in [5.74, 6) is -0.899. The molecule has 1 N–H and O–H groups in total. The van der Waals surface area contributed by atoms with Crippen LogP contribution in [0.5, 0.6) is 0 Å². The second kappa shape index (κ2) is 4.12. The zero-order valence-corrected chi connectivity index (χ0v) is 10.4. The molecule has 0 aliphatic carbocycles. The summed E-state index contributed by atoms with van der Waals surface area (Å²) in [6.07, 6.45) is 3.50. The number of hydrogen-bond donors (Lipinski definition) is 1. The fourth-order valence-electron chi connectivity index (χ4n) is 1.49. The highest BCUT2D eigenvalue weighted by atomic mass is 16.4. The Balaban J connectivity index is 3.25. The van der Waals surface area contributed by atoms with Crippen LogP contribution in [-0.2, 0) is 17.3 Å². The van der Waals surface area contributed by atoms with E-state index in [-0.39, 0.29) is 5.41 Å². The van der Waals surface area contributed by atoms with E-state index >= 15 is 0 Å². The number of aryl methyl sites for hydroxylation is 1. The van der Waals surface area contributed by atoms with E-state index in [1.807, 2.05) is 13.2 Å². The van der Waals surface area contributed by atoms with Crippen LogP contribution in [0.2, 0.25) is 0 Å². The van der Waals surface area contributed by atoms with Crippen LogP contribution < -0.4 is 0 Å². The van der Waals surface area contributed by atoms with Crippen molar-refractivity contribution in [2.24, 2.45) is 7.05 Å². The van der Waals surface area contributed by atoms with E-state index in [0.717, 1.165) is 11.3 Å². The van der Waals surface area contributed by atoms with Crippen LogP contribution in [0.3, 0.4) is 0 Å². The van der Waals surface area contributed by atoms with Gasteiger partial charge in [-0.25, -0.2) is 4.79 Å². The van der Waals surface area contributed by atoms with Gasteiger partial charge in [0.15, 0.2) is 0 Å². The minimum atomic E-state index is -0.899. The lowest BCUT2D eigenvalue weighted by molar-refractivity contribution is -0.132. The Hall–Kier alpha value is -1.58. The maximum Gasteiger partial charge on any atom is 0.331 e. The number of carbonyl (C=O) groups is 1. The molecule has 0 bridgehead atoms. The van der Waals surface area contributed by atoms with E-state index in [0.29, 0.717) is 5.57 Å². The largest absolute Gasteiger partial charge is 0.478 e. The number of nitrogens with zero attached hydrogens (tertiary/aromatic N) is 2. The summed E-state index contributed by atoms with van der Waals surface area (Å²) < 4.78 is 1.71. The van der Waals surface area contributed by atoms with Crippen LogP contribution in [0.1, 0.15) is 39.0 Å². The van der Waals surface area contributed by atoms with Gasteiger partial charge >= 0.3 is 5.97 Å². The smallest absolute Gasteiger partial charge is 0.331 e. The Bertz CT molecular complexity index is 436. The van der Waals surface area contributed by atoms with Gasteiger partial charge in [-0.15, -0.1) is 0 Å². The molecule has 88 valence electrons. The van der Waals surface area contributed by atoms with Gasteiger partial charge in [0.2, 0.25) is 0 Å². The zero-order valence-electron chi connectivity index (χ0n) is 10.4. The molecule has 4 heteroatoms. The first-order valence-electron chi connectivity index (χ1n) is 5.17. The fraction of sp³-hybridized carbons (Fsp3) is 0.500. The second-order valence-corrected chi connectivity index (χ2v) is 4.99. The topological polar surface area (TPSA) is 55.1 Å². The molecule has 0 saturated carbocycles. The van der Waals surface area contributed by atoms with E-state index in [1.165, 1.54) is 0 Å². The van der Waals surface area contributed by atoms with E-state index < -0.39 is 5.97 Å². The monoisotopic (exact) mass is 222 g/mol. The van der Waals surface area contributed by atoms with Gasteiger partial charge in [-0.3, -0.25) is 4.68 Å². The fourth-order valence-corrected chi connectivity index (χ4v) is 1.49. The molecule has 0 aliphatic rings. The lowest BCUT2D eigenvalue weighted by Crippen LogP contribution is -2.14. The molecule has 16 heavy (non-hydrogen) atoms. The highest BCUT2D eigenvalue weighted by molar-refractivity contribution is 5.91. The predicted octanol–water partition coefficient (Wildman–Crippen LogP) is 2.21. The van der Waals surface area contributed by atoms with E-state index in [2.05, 4.69) is 25.9 Å². The van der Waals surface area contributed by atoms with E-state index in [1.54, 1.807) is 17.7 Å². The molecule has 0 aromatic carbocycles. The summed E-state index contributed by atoms with van der Waals surface area (Å²) in [5.41, 5.74) is 2.01. The quantitative estimate of drug-likeness (QED) is 0.780. The third kappa shape index (κ3) is 2.72. The third-order valence-corrected chi connectivity index (χ3v) is 2.28. The van der Waals surface area contributed by atoms with E-state index in [9.17, 15) is 4.79 Å². The molecule has 1 heterocycles. The summed E-state index contributed by atoms with van der Waals surface area (Å²) in [5, 5.41) is 13.2. The van der Waals surface area contributed by atoms with Crippen molar-refractivity contribution in [3.05, 3.63) is 23.0 Å². The minimum absolute atomic E-state index is 0.0914. The molecule has 1 aromatic rings. The summed E-state index contributed by atoms with van der Waals surface area (Å²) in [6, 6.07) is 0. The number of aromatic nitrogens is 2. The molecular weight excluding hydrogens is 204 g/mol. The van der Waals surface area contributed by atoms with Crippen molar-refractivity contribution in [1.29, 1.82) is 0 Å². The maximum absolute atomic E-state index is 10.8. The van der Waals surface area contributed by atoms with Crippen molar-refractivity contribution in [3.63, 3.8) is 0 Å². The Morgan fingerprint density at radius 1 is 1.50 bits per heavy atom. The summed E-state index contributed by atoms with van der Waals surface area (Å²) in [4.78, 5) is 10.8. The molecule has 0 fully saturated rings. The highest BCUT2D eigenvalue weighted by Crippen LogP contribution is 2.25. The lowest BCUT2D eigenvalue weighted by Gasteiger charge is -2.16. The number of hydrogen-bond acceptors (Lipinski definition) is 2. The Morgan fingerprint density at radius 3 is 2.50 bits per heavy atom. The van der Waals surface area contributed by atoms with Crippen LogP contribution in [0.4, 0.5) is 0 Å². The molecule has 1 aromatic heterocycles. The van der Waals surface area contributed by atoms with Crippen molar-refractivity contribution in [3.8, 4) is 0 Å². The first-order valence-corrected chi connectivity index (χ1v) is 5.17. The van der Waals surface area contributed by atoms with Crippen LogP contribution in [-0.4, -0.2) is 20.9 Å². The van der Waals surface area contributed by atoms with Crippen LogP contribution in [0, 0.1) is 0 Å². The number of carboxylic acid groups (broad SMARTS) is 1. The average Bonchev–Trinajstić information content (AvgIpc) is 2.45. The first kappa shape index (κ1) is 12.5. The van der Waals surface area contributed by atoms with Crippen molar-refractivity contribution in [1.82, 2.24) is 9.78 Å². The van der Waals surface area contributed by atoms with Gasteiger partial charge < -0.3 is 5.11 Å². The molecule has 0 spiro atoms. The van der Waals surface area contributed by atoms with Crippen molar-refractivity contribution < 1.29 is 9.90 Å². The van der Waals surface area contributed by atoms with Crippen molar-refractivity contribution >= 4 is 12.0 Å². The molecule has 4 nitrogen and oxygen atoms in total. The molecule has 0 atom stereocenters. The third-order valence-electron chi connectivity index (χ3n) is 2.28. The van der Waals surface area contributed by atoms with Gasteiger partial charge in [-0.2, -0.15) is 5.10 Å². The Labute approximate surface area is 95.6 Å². The summed E-state index contributed by atoms with van der Waals surface area (Å²) >= 11 is 0. The molecule has 0 amide bonds. The van der Waals surface area contributed by atoms with Gasteiger partial charge in [-0.1, -0.05) is 20.8 Å². The second-order valence-electron chi connectivity index (χ2n) is 4.99. The molecular formula is C12H18N2O2. The average molecular weight is 222 g/mol. The molecule has 0 saturated heterocycles. The van der Waals surface area contributed by atoms with Gasteiger partial charge in [0, 0.05) is 29.8 Å². The van der Waals surface area contributed by atoms with Crippen molar-refractivity contribution in [2.45, 2.75) is 33.1 Å². The van der Waals surface area contributed by atoms with Crippen LogP contribution >= 0.6 is 0 Å². The van der Waals surface area contributed by atoms with E-state index in [4.69, 9.17) is 5.11 Å². The van der Waals surface area contributed by atoms with Gasteiger partial charge in [0.25, 0.3) is 0 Å². The zero-order chi connectivity index (χ0) is 12.5. The van der Waals surface area contributed by atoms with Crippen LogP contribution in [0.25, 0.3) is 6.08 Å². The van der Waals surface area contributed by atoms with Crippen molar-refractivity contribution in [2.75, 3.05) is 0 Å². The molecule has 0 aliphatic heterocycles. The Morgan fingerprint density at radius 2 is 2.06 bits per heavy atom. The SMILES string of the molecule is CC(=Cc1cn(C)nc1C(C)(C)C)C(=O)O. The Kier molecular flexibility index (Phi) is 3.21. The van der Waals surface area contributed by atoms with Gasteiger partial charge in [0.1, 0.15) is 0 Å². The number of carboxylic acids is 1. The summed E-state index contributed by atoms with van der Waals surface area (Å²) in [6.45, 7) is 7.76. The standard InChI is InChI=1S/C12H18N2O2/c1-8(11(15)16)6-9-7-14(5)13-10(9)12(2,3)4/h6-7H,1-5H3,(H,15,16). The molecule has 0 unspecified atom stereocenters. The number of aliphatic carboxylic acids is 1. The summed E-state index contributed by atoms with van der Waals surface area (Å²) in [7, 11) is 1.84. The highest BCUT2D eigenvalue weighted by Gasteiger charge is 2.21. The molecule has 0 radical (unpaired) electrons. The lowest BCUT2D eigenvalue weighted by atomic mass is 9.89. The predicted molar refractivity (Wildman–Crippen MR) is 63.2 cm³/mol. The maximum atomic E-state index is 10.8. The first-order chi connectivity index (χ1) is 7.21. The van der Waals surface area contributed by atoms with Crippen LogP contribution in [0.15, 0.2) is 11.8 Å². The van der Waals surface area contributed by atoms with Gasteiger partial charge in [0.05, 0.1) is 5.69 Å². The molecule has 1 rings (SSSR count). The number of rotatable bonds is 2. The van der Waals surface area contributed by atoms with Gasteiger partial charge in [-0.05, 0) is 13.0 Å². The normalized spacial score (nSPS) is 12.9.